The van der Waals surface area contributed by atoms with Gasteiger partial charge < -0.3 is 5.11 Å². The van der Waals surface area contributed by atoms with Gasteiger partial charge >= 0.3 is 0 Å². The molecule has 2 heterocycles. The van der Waals surface area contributed by atoms with E-state index in [0.29, 0.717) is 0 Å². The molecule has 1 aliphatic heterocycles. The zero-order chi connectivity index (χ0) is 9.97. The van der Waals surface area contributed by atoms with Crippen molar-refractivity contribution in [2.75, 3.05) is 13.1 Å². The van der Waals surface area contributed by atoms with Crippen LogP contribution in [0.4, 0.5) is 0 Å². The lowest BCUT2D eigenvalue weighted by molar-refractivity contribution is 0.0792. The molecule has 0 aromatic carbocycles. The van der Waals surface area contributed by atoms with E-state index in [-0.39, 0.29) is 6.10 Å². The Balaban J connectivity index is 1.86. The van der Waals surface area contributed by atoms with E-state index in [1.54, 1.807) is 11.3 Å². The summed E-state index contributed by atoms with van der Waals surface area (Å²) in [5, 5.41) is 12.6. The Morgan fingerprint density at radius 1 is 1.57 bits per heavy atom. The SMILES string of the molecule is Cc1csc(CN2CCC(O)CC2)n1. The maximum atomic E-state index is 9.36. The summed E-state index contributed by atoms with van der Waals surface area (Å²) in [6, 6.07) is 0. The van der Waals surface area contributed by atoms with Crippen molar-refractivity contribution in [2.24, 2.45) is 0 Å². The van der Waals surface area contributed by atoms with E-state index >= 15 is 0 Å². The van der Waals surface area contributed by atoms with Gasteiger partial charge in [-0.25, -0.2) is 4.98 Å². The van der Waals surface area contributed by atoms with Gasteiger partial charge in [0.25, 0.3) is 0 Å². The molecule has 1 aromatic heterocycles. The first-order valence-electron chi connectivity index (χ1n) is 5.05. The molecule has 0 bridgehead atoms. The minimum Gasteiger partial charge on any atom is -0.393 e. The molecule has 1 aromatic rings. The maximum absolute atomic E-state index is 9.36. The van der Waals surface area contributed by atoms with Gasteiger partial charge in [-0.3, -0.25) is 4.90 Å². The third-order valence-corrected chi connectivity index (χ3v) is 3.53. The van der Waals surface area contributed by atoms with Gasteiger partial charge in [-0.15, -0.1) is 11.3 Å². The Morgan fingerprint density at radius 2 is 2.29 bits per heavy atom. The molecule has 1 fully saturated rings. The minimum absolute atomic E-state index is 0.0794. The fraction of sp³-hybridized carbons (Fsp3) is 0.700. The van der Waals surface area contributed by atoms with Crippen LogP contribution in [-0.4, -0.2) is 34.2 Å². The molecule has 1 aliphatic rings. The smallest absolute Gasteiger partial charge is 0.107 e. The highest BCUT2D eigenvalue weighted by molar-refractivity contribution is 7.09. The highest BCUT2D eigenvalue weighted by atomic mass is 32.1. The third-order valence-electron chi connectivity index (χ3n) is 2.58. The lowest BCUT2D eigenvalue weighted by Gasteiger charge is -2.28. The lowest BCUT2D eigenvalue weighted by atomic mass is 10.1. The second-order valence-corrected chi connectivity index (χ2v) is 4.83. The summed E-state index contributed by atoms with van der Waals surface area (Å²) in [4.78, 5) is 6.80. The van der Waals surface area contributed by atoms with Crippen LogP contribution in [0.15, 0.2) is 5.38 Å². The first-order chi connectivity index (χ1) is 6.74. The minimum atomic E-state index is -0.0794. The van der Waals surface area contributed by atoms with Gasteiger partial charge in [-0.1, -0.05) is 0 Å². The van der Waals surface area contributed by atoms with Crippen LogP contribution in [0.2, 0.25) is 0 Å². The molecule has 0 saturated carbocycles. The topological polar surface area (TPSA) is 36.4 Å². The Hall–Kier alpha value is -0.450. The number of nitrogens with zero attached hydrogens (tertiary/aromatic N) is 2. The third kappa shape index (κ3) is 2.53. The fourth-order valence-corrected chi connectivity index (χ4v) is 2.56. The number of piperidine rings is 1. The van der Waals surface area contributed by atoms with Crippen LogP contribution < -0.4 is 0 Å². The largest absolute Gasteiger partial charge is 0.393 e. The number of hydrogen-bond acceptors (Lipinski definition) is 4. The molecular weight excluding hydrogens is 196 g/mol. The second-order valence-electron chi connectivity index (χ2n) is 3.89. The normalized spacial score (nSPS) is 20.1. The molecule has 1 N–H and O–H groups in total. The maximum Gasteiger partial charge on any atom is 0.107 e. The molecule has 0 unspecified atom stereocenters. The highest BCUT2D eigenvalue weighted by Gasteiger charge is 2.17. The molecule has 14 heavy (non-hydrogen) atoms. The summed E-state index contributed by atoms with van der Waals surface area (Å²) < 4.78 is 0. The predicted molar refractivity (Wildman–Crippen MR) is 57.4 cm³/mol. The second kappa shape index (κ2) is 4.38. The number of thiazole rings is 1. The lowest BCUT2D eigenvalue weighted by Crippen LogP contribution is -2.35. The van der Waals surface area contributed by atoms with Crippen LogP contribution in [0.3, 0.4) is 0 Å². The van der Waals surface area contributed by atoms with E-state index in [1.807, 2.05) is 6.92 Å². The standard InChI is InChI=1S/C10H16N2OS/c1-8-7-14-10(11-8)6-12-4-2-9(13)3-5-12/h7,9,13H,2-6H2,1H3. The van der Waals surface area contributed by atoms with E-state index in [4.69, 9.17) is 0 Å². The molecular formula is C10H16N2OS. The average Bonchev–Trinajstić information content (AvgIpc) is 2.56. The molecule has 4 heteroatoms. The van der Waals surface area contributed by atoms with Crippen LogP contribution >= 0.6 is 11.3 Å². The van der Waals surface area contributed by atoms with E-state index in [1.165, 1.54) is 5.01 Å². The molecule has 0 atom stereocenters. The molecule has 0 spiro atoms. The molecule has 0 amide bonds. The van der Waals surface area contributed by atoms with Gasteiger partial charge in [0.2, 0.25) is 0 Å². The Labute approximate surface area is 88.4 Å². The molecule has 3 nitrogen and oxygen atoms in total. The van der Waals surface area contributed by atoms with Crippen LogP contribution in [0.1, 0.15) is 23.5 Å². The van der Waals surface area contributed by atoms with Gasteiger partial charge in [-0.05, 0) is 19.8 Å². The van der Waals surface area contributed by atoms with E-state index in [9.17, 15) is 5.11 Å². The molecule has 78 valence electrons. The van der Waals surface area contributed by atoms with Gasteiger partial charge in [0.05, 0.1) is 12.6 Å². The van der Waals surface area contributed by atoms with E-state index in [0.717, 1.165) is 38.2 Å². The fourth-order valence-electron chi connectivity index (χ4n) is 1.74. The van der Waals surface area contributed by atoms with Crippen molar-refractivity contribution in [3.05, 3.63) is 16.1 Å². The number of aromatic nitrogens is 1. The molecule has 0 aliphatic carbocycles. The summed E-state index contributed by atoms with van der Waals surface area (Å²) in [5.41, 5.74) is 1.11. The van der Waals surface area contributed by atoms with Gasteiger partial charge in [0, 0.05) is 24.2 Å². The first-order valence-corrected chi connectivity index (χ1v) is 5.93. The quantitative estimate of drug-likeness (QED) is 0.805. The van der Waals surface area contributed by atoms with Gasteiger partial charge in [0.1, 0.15) is 5.01 Å². The van der Waals surface area contributed by atoms with Crippen molar-refractivity contribution in [1.82, 2.24) is 9.88 Å². The summed E-state index contributed by atoms with van der Waals surface area (Å²) in [7, 11) is 0. The molecule has 2 rings (SSSR count). The van der Waals surface area contributed by atoms with Crippen molar-refractivity contribution in [1.29, 1.82) is 0 Å². The number of aliphatic hydroxyl groups excluding tert-OH is 1. The first kappa shape index (κ1) is 10.1. The summed E-state index contributed by atoms with van der Waals surface area (Å²) in [6.45, 7) is 4.98. The Kier molecular flexibility index (Phi) is 3.15. The van der Waals surface area contributed by atoms with Crippen molar-refractivity contribution in [2.45, 2.75) is 32.4 Å². The zero-order valence-corrected chi connectivity index (χ0v) is 9.26. The predicted octanol–water partition coefficient (Wildman–Crippen LogP) is 1.41. The van der Waals surface area contributed by atoms with Gasteiger partial charge in [0.15, 0.2) is 0 Å². The number of likely N-dealkylation sites (tertiary alicyclic amines) is 1. The monoisotopic (exact) mass is 212 g/mol. The van der Waals surface area contributed by atoms with Crippen molar-refractivity contribution in [3.63, 3.8) is 0 Å². The van der Waals surface area contributed by atoms with Crippen molar-refractivity contribution >= 4 is 11.3 Å². The summed E-state index contributed by atoms with van der Waals surface area (Å²) in [6.07, 6.45) is 1.73. The van der Waals surface area contributed by atoms with Crippen LogP contribution in [0.25, 0.3) is 0 Å². The number of rotatable bonds is 2. The molecule has 0 radical (unpaired) electrons. The van der Waals surface area contributed by atoms with Gasteiger partial charge in [-0.2, -0.15) is 0 Å². The van der Waals surface area contributed by atoms with Crippen molar-refractivity contribution in [3.8, 4) is 0 Å². The van der Waals surface area contributed by atoms with E-state index in [2.05, 4.69) is 15.3 Å². The Bertz CT molecular complexity index is 292. The van der Waals surface area contributed by atoms with Crippen LogP contribution in [0, 0.1) is 6.92 Å². The van der Waals surface area contributed by atoms with Crippen LogP contribution in [0.5, 0.6) is 0 Å². The number of aliphatic hydroxyl groups is 1. The van der Waals surface area contributed by atoms with E-state index < -0.39 is 0 Å². The summed E-state index contributed by atoms with van der Waals surface area (Å²) >= 11 is 1.73. The average molecular weight is 212 g/mol. The van der Waals surface area contributed by atoms with Crippen molar-refractivity contribution < 1.29 is 5.11 Å². The number of aryl methyl sites for hydroxylation is 1. The Morgan fingerprint density at radius 3 is 2.86 bits per heavy atom. The zero-order valence-electron chi connectivity index (χ0n) is 8.44. The molecule has 1 saturated heterocycles. The number of hydrogen-bond donors (Lipinski definition) is 1. The van der Waals surface area contributed by atoms with Crippen LogP contribution in [-0.2, 0) is 6.54 Å². The highest BCUT2D eigenvalue weighted by Crippen LogP contribution is 2.16. The summed E-state index contributed by atoms with van der Waals surface area (Å²) in [5.74, 6) is 0.